The van der Waals surface area contributed by atoms with Gasteiger partial charge < -0.3 is 13.9 Å². The molecule has 6 nitrogen and oxygen atoms in total. The Balaban J connectivity index is 1.66. The lowest BCUT2D eigenvalue weighted by Gasteiger charge is -2.19. The third-order valence-corrected chi connectivity index (χ3v) is 5.92. The molecule has 6 heteroatoms. The minimum Gasteiger partial charge on any atom is -0.486 e. The number of carbonyl (C=O) groups excluding carboxylic acids is 2. The molecule has 0 aliphatic heterocycles. The molecule has 1 aromatic heterocycles. The van der Waals surface area contributed by atoms with Crippen LogP contribution < -0.4 is 4.74 Å². The van der Waals surface area contributed by atoms with Gasteiger partial charge in [0, 0.05) is 11.8 Å². The van der Waals surface area contributed by atoms with E-state index in [2.05, 4.69) is 24.0 Å². The van der Waals surface area contributed by atoms with E-state index in [4.69, 9.17) is 13.9 Å². The number of carbonyl (C=O) groups is 2. The molecule has 0 spiro atoms. The van der Waals surface area contributed by atoms with Crippen molar-refractivity contribution in [2.75, 3.05) is 13.7 Å². The smallest absolute Gasteiger partial charge is 0.337 e. The van der Waals surface area contributed by atoms with Gasteiger partial charge in [0.05, 0.1) is 12.7 Å². The number of Topliss-reactive ketones (excluding diaryl/α,β-unsaturated/α-hetero) is 1. The predicted molar refractivity (Wildman–Crippen MR) is 128 cm³/mol. The summed E-state index contributed by atoms with van der Waals surface area (Å²) in [5.74, 6) is 1.43. The average molecular weight is 452 g/mol. The van der Waals surface area contributed by atoms with Crippen molar-refractivity contribution in [3.8, 4) is 5.75 Å². The van der Waals surface area contributed by atoms with Crippen LogP contribution >= 0.6 is 0 Å². The van der Waals surface area contributed by atoms with E-state index in [1.54, 1.807) is 18.2 Å². The van der Waals surface area contributed by atoms with Gasteiger partial charge in [0.1, 0.15) is 17.9 Å². The fourth-order valence-electron chi connectivity index (χ4n) is 3.68. The summed E-state index contributed by atoms with van der Waals surface area (Å²) in [5.41, 5.74) is 3.61. The highest BCUT2D eigenvalue weighted by Gasteiger charge is 2.22. The zero-order chi connectivity index (χ0) is 24.2. The molecule has 1 heterocycles. The van der Waals surface area contributed by atoms with E-state index < -0.39 is 11.4 Å². The van der Waals surface area contributed by atoms with Crippen molar-refractivity contribution in [2.24, 2.45) is 5.41 Å². The number of aryl methyl sites for hydroxylation is 2. The van der Waals surface area contributed by atoms with E-state index in [-0.39, 0.29) is 12.4 Å². The van der Waals surface area contributed by atoms with Crippen LogP contribution in [0.3, 0.4) is 0 Å². The molecule has 0 amide bonds. The summed E-state index contributed by atoms with van der Waals surface area (Å²) in [6.07, 6.45) is 2.56. The first kappa shape index (κ1) is 24.5. The number of benzene rings is 2. The van der Waals surface area contributed by atoms with Crippen LogP contribution in [0.1, 0.15) is 73.8 Å². The zero-order valence-corrected chi connectivity index (χ0v) is 20.4. The molecular weight excluding hydrogens is 418 g/mol. The third-order valence-electron chi connectivity index (χ3n) is 5.92. The number of nitrogens with zero attached hydrogens (tertiary/aromatic N) is 1. The van der Waals surface area contributed by atoms with E-state index in [0.717, 1.165) is 24.2 Å². The van der Waals surface area contributed by atoms with E-state index >= 15 is 0 Å². The Hall–Kier alpha value is -3.15. The predicted octanol–water partition coefficient (Wildman–Crippen LogP) is 6.04. The van der Waals surface area contributed by atoms with Gasteiger partial charge in [-0.05, 0) is 61.1 Å². The summed E-state index contributed by atoms with van der Waals surface area (Å²) >= 11 is 0. The van der Waals surface area contributed by atoms with Crippen LogP contribution in [0, 0.1) is 12.3 Å². The van der Waals surface area contributed by atoms with Crippen LogP contribution in [0.2, 0.25) is 0 Å². The second kappa shape index (κ2) is 10.2. The lowest BCUT2D eigenvalue weighted by molar-refractivity contribution is -0.128. The first-order chi connectivity index (χ1) is 15.6. The average Bonchev–Trinajstić information content (AvgIpc) is 3.19. The molecule has 0 saturated carbocycles. The topological polar surface area (TPSA) is 78.6 Å². The summed E-state index contributed by atoms with van der Waals surface area (Å²) in [6.45, 7) is 9.95. The minimum absolute atomic E-state index is 0.0782. The summed E-state index contributed by atoms with van der Waals surface area (Å²) < 4.78 is 16.4. The Kier molecular flexibility index (Phi) is 7.57. The van der Waals surface area contributed by atoms with Gasteiger partial charge in [-0.25, -0.2) is 9.78 Å². The Morgan fingerprint density at radius 1 is 1.12 bits per heavy atom. The number of rotatable bonds is 9. The van der Waals surface area contributed by atoms with E-state index in [9.17, 15) is 9.59 Å². The van der Waals surface area contributed by atoms with Gasteiger partial charge in [0.25, 0.3) is 0 Å². The van der Waals surface area contributed by atoms with Gasteiger partial charge in [-0.3, -0.25) is 4.79 Å². The molecule has 0 N–H and O–H groups in total. The highest BCUT2D eigenvalue weighted by molar-refractivity contribution is 5.93. The van der Waals surface area contributed by atoms with Gasteiger partial charge in [-0.1, -0.05) is 39.8 Å². The number of aromatic nitrogens is 1. The SMILES string of the molecule is CCC(CCc1nc2cc(C(=O)OC)ccc2o1)c1ccc(OCC(=O)C(C)(C)C)c(C)c1. The van der Waals surface area contributed by atoms with Gasteiger partial charge in [0.2, 0.25) is 0 Å². The number of ketones is 1. The molecule has 0 aliphatic carbocycles. The summed E-state index contributed by atoms with van der Waals surface area (Å²) in [7, 11) is 1.36. The molecule has 1 atom stereocenters. The fraction of sp³-hybridized carbons (Fsp3) is 0.444. The molecule has 0 radical (unpaired) electrons. The van der Waals surface area contributed by atoms with Crippen molar-refractivity contribution in [3.05, 3.63) is 59.0 Å². The van der Waals surface area contributed by atoms with Crippen molar-refractivity contribution in [1.82, 2.24) is 4.98 Å². The van der Waals surface area contributed by atoms with E-state index in [1.807, 2.05) is 33.8 Å². The standard InChI is InChI=1S/C27H33NO5/c1-7-18(19-8-11-22(17(2)14-19)32-16-24(29)27(3,4)5)10-13-25-28-21-15-20(26(30)31-6)9-12-23(21)33-25/h8-9,11-12,14-15,18H,7,10,13,16H2,1-6H3. The van der Waals surface area contributed by atoms with Crippen molar-refractivity contribution >= 4 is 22.9 Å². The number of oxazole rings is 1. The first-order valence-corrected chi connectivity index (χ1v) is 11.4. The Morgan fingerprint density at radius 3 is 2.52 bits per heavy atom. The van der Waals surface area contributed by atoms with Crippen molar-refractivity contribution in [3.63, 3.8) is 0 Å². The number of fused-ring (bicyclic) bond motifs is 1. The largest absolute Gasteiger partial charge is 0.486 e. The van der Waals surface area contributed by atoms with Gasteiger partial charge in [-0.2, -0.15) is 0 Å². The lowest BCUT2D eigenvalue weighted by Crippen LogP contribution is -2.26. The van der Waals surface area contributed by atoms with Crippen LogP contribution in [0.15, 0.2) is 40.8 Å². The number of hydrogen-bond acceptors (Lipinski definition) is 6. The number of methoxy groups -OCH3 is 1. The molecule has 176 valence electrons. The molecule has 0 saturated heterocycles. The molecule has 1 unspecified atom stereocenters. The maximum atomic E-state index is 12.2. The molecule has 33 heavy (non-hydrogen) atoms. The molecule has 3 aromatic rings. The van der Waals surface area contributed by atoms with Gasteiger partial charge in [-0.15, -0.1) is 0 Å². The molecule has 3 rings (SSSR count). The fourth-order valence-corrected chi connectivity index (χ4v) is 3.68. The summed E-state index contributed by atoms with van der Waals surface area (Å²) in [6, 6.07) is 11.3. The lowest BCUT2D eigenvalue weighted by atomic mass is 9.90. The summed E-state index contributed by atoms with van der Waals surface area (Å²) in [4.78, 5) is 28.5. The number of hydrogen-bond donors (Lipinski definition) is 0. The third kappa shape index (κ3) is 6.01. The van der Waals surface area contributed by atoms with Crippen molar-refractivity contribution in [1.29, 1.82) is 0 Å². The highest BCUT2D eigenvalue weighted by atomic mass is 16.5. The Labute approximate surface area is 195 Å². The zero-order valence-electron chi connectivity index (χ0n) is 20.4. The van der Waals surface area contributed by atoms with E-state index in [0.29, 0.717) is 34.9 Å². The summed E-state index contributed by atoms with van der Waals surface area (Å²) in [5, 5.41) is 0. The molecule has 0 bridgehead atoms. The Bertz CT molecular complexity index is 1140. The maximum Gasteiger partial charge on any atom is 0.337 e. The van der Waals surface area contributed by atoms with Gasteiger partial charge in [0.15, 0.2) is 17.3 Å². The van der Waals surface area contributed by atoms with Crippen LogP contribution in [-0.2, 0) is 16.0 Å². The van der Waals surface area contributed by atoms with Crippen molar-refractivity contribution < 1.29 is 23.5 Å². The highest BCUT2D eigenvalue weighted by Crippen LogP contribution is 2.30. The molecule has 0 aliphatic rings. The van der Waals surface area contributed by atoms with Crippen LogP contribution in [0.4, 0.5) is 0 Å². The monoisotopic (exact) mass is 451 g/mol. The van der Waals surface area contributed by atoms with Crippen LogP contribution in [0.25, 0.3) is 11.1 Å². The molecule has 0 fully saturated rings. The Morgan fingerprint density at radius 2 is 1.88 bits per heavy atom. The van der Waals surface area contributed by atoms with E-state index in [1.165, 1.54) is 12.7 Å². The first-order valence-electron chi connectivity index (χ1n) is 11.4. The molecular formula is C27H33NO5. The molecule has 2 aromatic carbocycles. The second-order valence-corrected chi connectivity index (χ2v) is 9.41. The quantitative estimate of drug-likeness (QED) is 0.369. The normalized spacial score (nSPS) is 12.5. The second-order valence-electron chi connectivity index (χ2n) is 9.41. The minimum atomic E-state index is -0.410. The number of ether oxygens (including phenoxy) is 2. The van der Waals surface area contributed by atoms with Crippen LogP contribution in [-0.4, -0.2) is 30.5 Å². The van der Waals surface area contributed by atoms with Gasteiger partial charge >= 0.3 is 5.97 Å². The number of esters is 1. The maximum absolute atomic E-state index is 12.2. The van der Waals surface area contributed by atoms with Crippen LogP contribution in [0.5, 0.6) is 5.75 Å². The van der Waals surface area contributed by atoms with Crippen molar-refractivity contribution in [2.45, 2.75) is 59.8 Å².